The highest BCUT2D eigenvalue weighted by Crippen LogP contribution is 2.29. The maximum atomic E-state index is 6.23. The highest BCUT2D eigenvalue weighted by Gasteiger charge is 2.31. The molecule has 0 aliphatic heterocycles. The van der Waals surface area contributed by atoms with Crippen molar-refractivity contribution in [1.29, 1.82) is 0 Å². The van der Waals surface area contributed by atoms with Crippen LogP contribution >= 0.6 is 11.3 Å². The molecule has 0 saturated heterocycles. The zero-order chi connectivity index (χ0) is 12.4. The van der Waals surface area contributed by atoms with Gasteiger partial charge in [-0.05, 0) is 48.1 Å². The maximum absolute atomic E-state index is 6.23. The van der Waals surface area contributed by atoms with Gasteiger partial charge in [-0.15, -0.1) is 0 Å². The largest absolute Gasteiger partial charge is 0.370 e. The molecular formula is C14H21N3S. The highest BCUT2D eigenvalue weighted by atomic mass is 32.1. The van der Waals surface area contributed by atoms with E-state index < -0.39 is 0 Å². The Bertz CT molecular complexity index is 403. The minimum absolute atomic E-state index is 0.480. The monoisotopic (exact) mass is 263 g/mol. The Hall–Kier alpha value is -1.03. The summed E-state index contributed by atoms with van der Waals surface area (Å²) >= 11 is 1.75. The Morgan fingerprint density at radius 3 is 2.72 bits per heavy atom. The Morgan fingerprint density at radius 1 is 1.33 bits per heavy atom. The summed E-state index contributed by atoms with van der Waals surface area (Å²) in [5.41, 5.74) is 7.59. The lowest BCUT2D eigenvalue weighted by atomic mass is 10.3. The number of hydrogen-bond acceptors (Lipinski definition) is 2. The average molecular weight is 263 g/mol. The molecule has 0 spiro atoms. The van der Waals surface area contributed by atoms with Crippen molar-refractivity contribution in [2.75, 3.05) is 0 Å². The first kappa shape index (κ1) is 12.0. The molecule has 0 amide bonds. The third-order valence-corrected chi connectivity index (χ3v) is 4.59. The van der Waals surface area contributed by atoms with E-state index in [1.165, 1.54) is 44.1 Å². The number of aliphatic imine (C=N–C) groups is 1. The van der Waals surface area contributed by atoms with Crippen molar-refractivity contribution in [3.63, 3.8) is 0 Å². The van der Waals surface area contributed by atoms with Crippen LogP contribution in [0, 0.1) is 0 Å². The molecule has 2 saturated carbocycles. The minimum atomic E-state index is 0.480. The molecule has 18 heavy (non-hydrogen) atoms. The Labute approximate surface area is 113 Å². The van der Waals surface area contributed by atoms with Gasteiger partial charge in [0, 0.05) is 12.6 Å². The van der Waals surface area contributed by atoms with E-state index in [2.05, 4.69) is 21.7 Å². The average Bonchev–Trinajstić information content (AvgIpc) is 2.87. The van der Waals surface area contributed by atoms with Gasteiger partial charge in [0.1, 0.15) is 0 Å². The predicted octanol–water partition coefficient (Wildman–Crippen LogP) is 2.97. The van der Waals surface area contributed by atoms with Gasteiger partial charge < -0.3 is 10.6 Å². The molecule has 1 aromatic rings. The molecule has 0 unspecified atom stereocenters. The lowest BCUT2D eigenvalue weighted by molar-refractivity contribution is 0.394. The Morgan fingerprint density at radius 2 is 2.11 bits per heavy atom. The van der Waals surface area contributed by atoms with Crippen molar-refractivity contribution in [3.05, 3.63) is 22.4 Å². The molecule has 3 nitrogen and oxygen atoms in total. The van der Waals surface area contributed by atoms with Crippen molar-refractivity contribution < 1.29 is 0 Å². The van der Waals surface area contributed by atoms with E-state index in [0.717, 1.165) is 12.5 Å². The molecule has 2 aliphatic rings. The van der Waals surface area contributed by atoms with Gasteiger partial charge in [-0.2, -0.15) is 11.3 Å². The third-order valence-electron chi connectivity index (χ3n) is 3.85. The van der Waals surface area contributed by atoms with Crippen LogP contribution in [0.3, 0.4) is 0 Å². The molecule has 3 rings (SSSR count). The summed E-state index contributed by atoms with van der Waals surface area (Å²) < 4.78 is 0. The highest BCUT2D eigenvalue weighted by molar-refractivity contribution is 7.07. The fourth-order valence-corrected chi connectivity index (χ4v) is 3.32. The SMILES string of the molecule is NC(=NC1CCCC1)N(Cc1ccsc1)C1CC1. The Balaban J connectivity index is 1.68. The lowest BCUT2D eigenvalue weighted by Crippen LogP contribution is -2.39. The van der Waals surface area contributed by atoms with Gasteiger partial charge in [-0.25, -0.2) is 4.99 Å². The van der Waals surface area contributed by atoms with Crippen molar-refractivity contribution >= 4 is 17.3 Å². The summed E-state index contributed by atoms with van der Waals surface area (Å²) in [5.74, 6) is 0.774. The first-order valence-corrected chi connectivity index (χ1v) is 7.88. The summed E-state index contributed by atoms with van der Waals surface area (Å²) in [5, 5.41) is 4.34. The van der Waals surface area contributed by atoms with Gasteiger partial charge in [0.25, 0.3) is 0 Å². The van der Waals surface area contributed by atoms with E-state index in [1.807, 2.05) is 0 Å². The fraction of sp³-hybridized carbons (Fsp3) is 0.643. The molecule has 0 bridgehead atoms. The topological polar surface area (TPSA) is 41.6 Å². The lowest BCUT2D eigenvalue weighted by Gasteiger charge is -2.24. The number of hydrogen-bond donors (Lipinski definition) is 1. The third kappa shape index (κ3) is 2.86. The van der Waals surface area contributed by atoms with Gasteiger partial charge in [-0.3, -0.25) is 0 Å². The quantitative estimate of drug-likeness (QED) is 0.670. The molecular weight excluding hydrogens is 242 g/mol. The van der Waals surface area contributed by atoms with Gasteiger partial charge in [0.15, 0.2) is 5.96 Å². The van der Waals surface area contributed by atoms with Gasteiger partial charge in [0.05, 0.1) is 6.04 Å². The zero-order valence-electron chi connectivity index (χ0n) is 10.7. The van der Waals surface area contributed by atoms with Gasteiger partial charge in [0.2, 0.25) is 0 Å². The summed E-state index contributed by atoms with van der Waals surface area (Å²) in [6.45, 7) is 0.927. The van der Waals surface area contributed by atoms with Gasteiger partial charge >= 0.3 is 0 Å². The molecule has 1 heterocycles. The number of nitrogens with two attached hydrogens (primary N) is 1. The number of nitrogens with zero attached hydrogens (tertiary/aromatic N) is 2. The van der Waals surface area contributed by atoms with Gasteiger partial charge in [-0.1, -0.05) is 12.8 Å². The number of thiophene rings is 1. The second-order valence-corrected chi connectivity index (χ2v) is 6.20. The van der Waals surface area contributed by atoms with Crippen LogP contribution in [0.4, 0.5) is 0 Å². The molecule has 98 valence electrons. The van der Waals surface area contributed by atoms with Crippen LogP contribution in [-0.2, 0) is 6.54 Å². The molecule has 0 aromatic carbocycles. The van der Waals surface area contributed by atoms with Crippen LogP contribution in [0.1, 0.15) is 44.1 Å². The standard InChI is InChI=1S/C14H21N3S/c15-14(16-12-3-1-2-4-12)17(13-5-6-13)9-11-7-8-18-10-11/h7-8,10,12-13H,1-6,9H2,(H2,15,16). The summed E-state index contributed by atoms with van der Waals surface area (Å²) in [4.78, 5) is 7.05. The summed E-state index contributed by atoms with van der Waals surface area (Å²) in [6.07, 6.45) is 7.61. The van der Waals surface area contributed by atoms with E-state index in [1.54, 1.807) is 11.3 Å². The zero-order valence-corrected chi connectivity index (χ0v) is 11.5. The second-order valence-electron chi connectivity index (χ2n) is 5.42. The van der Waals surface area contributed by atoms with Crippen LogP contribution in [0.5, 0.6) is 0 Å². The summed E-state index contributed by atoms with van der Waals surface area (Å²) in [7, 11) is 0. The van der Waals surface area contributed by atoms with Crippen molar-refractivity contribution in [2.45, 2.75) is 57.2 Å². The van der Waals surface area contributed by atoms with Crippen molar-refractivity contribution in [2.24, 2.45) is 10.7 Å². The second kappa shape index (κ2) is 5.31. The molecule has 2 N–H and O–H groups in total. The van der Waals surface area contributed by atoms with E-state index >= 15 is 0 Å². The van der Waals surface area contributed by atoms with Crippen molar-refractivity contribution in [3.8, 4) is 0 Å². The van der Waals surface area contributed by atoms with E-state index in [0.29, 0.717) is 12.1 Å². The minimum Gasteiger partial charge on any atom is -0.370 e. The number of rotatable bonds is 4. The molecule has 1 aromatic heterocycles. The van der Waals surface area contributed by atoms with Crippen LogP contribution < -0.4 is 5.73 Å². The normalized spacial score (nSPS) is 21.4. The van der Waals surface area contributed by atoms with Crippen molar-refractivity contribution in [1.82, 2.24) is 4.90 Å². The predicted molar refractivity (Wildman–Crippen MR) is 76.8 cm³/mol. The van der Waals surface area contributed by atoms with E-state index in [-0.39, 0.29) is 0 Å². The van der Waals surface area contributed by atoms with E-state index in [9.17, 15) is 0 Å². The smallest absolute Gasteiger partial charge is 0.192 e. The number of guanidine groups is 1. The van der Waals surface area contributed by atoms with Crippen LogP contribution in [0.25, 0.3) is 0 Å². The van der Waals surface area contributed by atoms with Crippen LogP contribution in [-0.4, -0.2) is 22.9 Å². The molecule has 0 atom stereocenters. The Kier molecular flexibility index (Phi) is 3.55. The van der Waals surface area contributed by atoms with Crippen LogP contribution in [0.2, 0.25) is 0 Å². The maximum Gasteiger partial charge on any atom is 0.192 e. The van der Waals surface area contributed by atoms with Crippen LogP contribution in [0.15, 0.2) is 21.8 Å². The molecule has 2 fully saturated rings. The first-order chi connectivity index (χ1) is 8.83. The molecule has 4 heteroatoms. The fourth-order valence-electron chi connectivity index (χ4n) is 2.66. The molecule has 2 aliphatic carbocycles. The van der Waals surface area contributed by atoms with E-state index in [4.69, 9.17) is 10.7 Å². The molecule has 0 radical (unpaired) electrons. The first-order valence-electron chi connectivity index (χ1n) is 6.94. The summed E-state index contributed by atoms with van der Waals surface area (Å²) in [6, 6.07) is 3.30.